The number of aliphatic carboxylic acids is 1. The number of carboxylic acids is 1. The molecule has 0 spiro atoms. The third-order valence-electron chi connectivity index (χ3n) is 12.7. The summed E-state index contributed by atoms with van der Waals surface area (Å²) in [6.07, 6.45) is 17.4. The molecule has 3 fully saturated rings. The van der Waals surface area contributed by atoms with Crippen LogP contribution in [0.1, 0.15) is 132 Å². The van der Waals surface area contributed by atoms with E-state index < -0.39 is 5.97 Å². The average Bonchev–Trinajstić information content (AvgIpc) is 3.34. The normalized spacial score (nSPS) is 32.0. The molecular weight excluding hydrogens is 615 g/mol. The van der Waals surface area contributed by atoms with E-state index in [1.807, 2.05) is 0 Å². The molecular formula is C40H67NaO7. The molecule has 4 aliphatic rings. The summed E-state index contributed by atoms with van der Waals surface area (Å²) in [5.41, 5.74) is 2.32. The molecule has 0 aromatic heterocycles. The van der Waals surface area contributed by atoms with Gasteiger partial charge in [-0.2, -0.15) is 0 Å². The molecule has 4 rings (SSSR count). The molecule has 0 bridgehead atoms. The van der Waals surface area contributed by atoms with E-state index >= 15 is 0 Å². The second kappa shape index (κ2) is 19.8. The number of carbonyl (C=O) groups is 3. The van der Waals surface area contributed by atoms with E-state index in [0.717, 1.165) is 54.8 Å². The molecule has 0 amide bonds. The van der Waals surface area contributed by atoms with E-state index in [1.165, 1.54) is 65.6 Å². The number of allylic oxidation sites excluding steroid dienone is 1. The molecule has 0 radical (unpaired) electrons. The SMILES string of the molecule is COCC(=O)CC(CC(C)C)C(=O)O[C@H]1CC[C@@]2(C)C(=CC[C@H]3[C@@H]4CC[C@H]([C@H](C)CCCC(C)C)[C@@]4(C)CC[C@@H]32)C1.COCC(=O)[O-].[Na+]. The number of ketones is 1. The molecule has 0 aromatic carbocycles. The maximum Gasteiger partial charge on any atom is 1.00 e. The second-order valence-corrected chi connectivity index (χ2v) is 16.9. The largest absolute Gasteiger partial charge is 1.00 e. The minimum Gasteiger partial charge on any atom is -0.548 e. The predicted molar refractivity (Wildman–Crippen MR) is 184 cm³/mol. The van der Waals surface area contributed by atoms with Crippen molar-refractivity contribution in [2.75, 3.05) is 27.4 Å². The van der Waals surface area contributed by atoms with Crippen LogP contribution >= 0.6 is 0 Å². The van der Waals surface area contributed by atoms with Crippen molar-refractivity contribution >= 4 is 17.7 Å². The Balaban J connectivity index is 0.00000105. The van der Waals surface area contributed by atoms with Crippen LogP contribution in [0.25, 0.3) is 0 Å². The summed E-state index contributed by atoms with van der Waals surface area (Å²) in [5.74, 6) is 3.60. The van der Waals surface area contributed by atoms with Crippen molar-refractivity contribution in [3.8, 4) is 0 Å². The van der Waals surface area contributed by atoms with Gasteiger partial charge in [-0.15, -0.1) is 0 Å². The Bertz CT molecular complexity index is 1070. The Kier molecular flexibility index (Phi) is 17.9. The number of carbonyl (C=O) groups excluding carboxylic acids is 3. The zero-order chi connectivity index (χ0) is 34.9. The van der Waals surface area contributed by atoms with Crippen molar-refractivity contribution in [3.63, 3.8) is 0 Å². The number of hydrogen-bond donors (Lipinski definition) is 0. The summed E-state index contributed by atoms with van der Waals surface area (Å²) < 4.78 is 15.3. The molecule has 0 heterocycles. The molecule has 0 N–H and O–H groups in total. The van der Waals surface area contributed by atoms with Crippen LogP contribution in [0.2, 0.25) is 0 Å². The zero-order valence-electron chi connectivity index (χ0n) is 32.2. The van der Waals surface area contributed by atoms with Gasteiger partial charge in [-0.1, -0.05) is 79.4 Å². The summed E-state index contributed by atoms with van der Waals surface area (Å²) in [7, 11) is 2.83. The van der Waals surface area contributed by atoms with Gasteiger partial charge in [0, 0.05) is 27.1 Å². The van der Waals surface area contributed by atoms with Gasteiger partial charge in [-0.3, -0.25) is 9.59 Å². The summed E-state index contributed by atoms with van der Waals surface area (Å²) in [6.45, 7) is 16.5. The van der Waals surface area contributed by atoms with Crippen LogP contribution in [-0.4, -0.2) is 51.3 Å². The molecule has 3 saturated carbocycles. The minimum absolute atomic E-state index is 0. The van der Waals surface area contributed by atoms with Crippen LogP contribution in [0.4, 0.5) is 0 Å². The second-order valence-electron chi connectivity index (χ2n) is 16.9. The first-order valence-corrected chi connectivity index (χ1v) is 18.8. The van der Waals surface area contributed by atoms with Crippen molar-refractivity contribution in [3.05, 3.63) is 11.6 Å². The molecule has 0 aromatic rings. The molecule has 48 heavy (non-hydrogen) atoms. The quantitative estimate of drug-likeness (QED) is 0.142. The molecule has 9 atom stereocenters. The van der Waals surface area contributed by atoms with Gasteiger partial charge in [-0.25, -0.2) is 0 Å². The number of Topliss-reactive ketones (excluding diaryl/α,β-unsaturated/α-hetero) is 1. The van der Waals surface area contributed by atoms with Crippen molar-refractivity contribution in [2.45, 2.75) is 138 Å². The number of hydrogen-bond acceptors (Lipinski definition) is 7. The smallest absolute Gasteiger partial charge is 0.548 e. The maximum absolute atomic E-state index is 13.3. The Hall–Kier alpha value is -0.730. The Morgan fingerprint density at radius 1 is 0.896 bits per heavy atom. The monoisotopic (exact) mass is 682 g/mol. The van der Waals surface area contributed by atoms with E-state index in [4.69, 9.17) is 9.47 Å². The fourth-order valence-corrected chi connectivity index (χ4v) is 10.5. The van der Waals surface area contributed by atoms with Crippen LogP contribution < -0.4 is 34.7 Å². The zero-order valence-corrected chi connectivity index (χ0v) is 34.2. The number of methoxy groups -OCH3 is 2. The fraction of sp³-hybridized carbons (Fsp3) is 0.875. The van der Waals surface area contributed by atoms with Crippen LogP contribution in [0.3, 0.4) is 0 Å². The molecule has 7 nitrogen and oxygen atoms in total. The van der Waals surface area contributed by atoms with Gasteiger partial charge in [0.25, 0.3) is 0 Å². The van der Waals surface area contributed by atoms with E-state index in [1.54, 1.807) is 5.57 Å². The summed E-state index contributed by atoms with van der Waals surface area (Å²) in [5, 5.41) is 9.36. The van der Waals surface area contributed by atoms with Crippen LogP contribution in [-0.2, 0) is 28.6 Å². The van der Waals surface area contributed by atoms with Crippen LogP contribution in [0, 0.1) is 58.2 Å². The number of carboxylic acid groups (broad SMARTS) is 1. The van der Waals surface area contributed by atoms with Gasteiger partial charge >= 0.3 is 35.5 Å². The van der Waals surface area contributed by atoms with E-state index in [9.17, 15) is 19.5 Å². The van der Waals surface area contributed by atoms with Gasteiger partial charge < -0.3 is 24.1 Å². The van der Waals surface area contributed by atoms with Gasteiger partial charge in [0.05, 0.1) is 18.5 Å². The summed E-state index contributed by atoms with van der Waals surface area (Å²) in [6, 6.07) is 0. The van der Waals surface area contributed by atoms with Crippen LogP contribution in [0.5, 0.6) is 0 Å². The molecule has 0 aliphatic heterocycles. The van der Waals surface area contributed by atoms with Crippen molar-refractivity contribution in [1.82, 2.24) is 0 Å². The van der Waals surface area contributed by atoms with Gasteiger partial charge in [0.2, 0.25) is 0 Å². The van der Waals surface area contributed by atoms with E-state index in [2.05, 4.69) is 59.3 Å². The van der Waals surface area contributed by atoms with Gasteiger partial charge in [0.1, 0.15) is 12.7 Å². The summed E-state index contributed by atoms with van der Waals surface area (Å²) >= 11 is 0. The standard InChI is InChI=1S/C37H62O4.C3H6O3.Na/c1-24(2)10-9-11-26(5)32-14-15-33-31-13-12-28-22-30(16-18-36(28,6)34(31)17-19-37(32,33)7)41-35(39)27(20-25(3)4)21-29(38)23-40-8;1-6-2-3(4)5;/h12,24-27,30-34H,9-11,13-23H2,1-8H3;2H2,1H3,(H,4,5);/q;;+1/p-1/t26-,27?,30+,31+,32-,33+,34+,36+,37-;;/m1../s1. The molecule has 1 unspecified atom stereocenters. The maximum atomic E-state index is 13.3. The van der Waals surface area contributed by atoms with Gasteiger partial charge in [0.15, 0.2) is 5.78 Å². The van der Waals surface area contributed by atoms with E-state index in [0.29, 0.717) is 17.8 Å². The number of ether oxygens (including phenoxy) is 3. The Morgan fingerprint density at radius 2 is 1.58 bits per heavy atom. The topological polar surface area (TPSA) is 102 Å². The minimum atomic E-state index is -1.18. The van der Waals surface area contributed by atoms with Crippen molar-refractivity contribution in [1.29, 1.82) is 0 Å². The first kappa shape index (κ1) is 43.4. The fourth-order valence-electron chi connectivity index (χ4n) is 10.5. The van der Waals surface area contributed by atoms with E-state index in [-0.39, 0.29) is 78.4 Å². The van der Waals surface area contributed by atoms with Gasteiger partial charge in [-0.05, 0) is 104 Å². The number of esters is 1. The molecule has 8 heteroatoms. The molecule has 0 saturated heterocycles. The first-order valence-electron chi connectivity index (χ1n) is 18.8. The summed E-state index contributed by atoms with van der Waals surface area (Å²) in [4.78, 5) is 34.9. The first-order chi connectivity index (χ1) is 22.2. The van der Waals surface area contributed by atoms with Crippen molar-refractivity contribution in [2.24, 2.45) is 58.2 Å². The Labute approximate surface area is 314 Å². The Morgan fingerprint density at radius 3 is 2.17 bits per heavy atom. The third kappa shape index (κ3) is 11.1. The molecule has 4 aliphatic carbocycles. The predicted octanol–water partition coefficient (Wildman–Crippen LogP) is 4.59. The average molecular weight is 683 g/mol. The third-order valence-corrected chi connectivity index (χ3v) is 12.7. The number of rotatable bonds is 15. The van der Waals surface area contributed by atoms with Crippen molar-refractivity contribution < 1.29 is 63.3 Å². The van der Waals surface area contributed by atoms with Crippen LogP contribution in [0.15, 0.2) is 11.6 Å². The number of fused-ring (bicyclic) bond motifs is 5. The molecule has 270 valence electrons.